The summed E-state index contributed by atoms with van der Waals surface area (Å²) in [7, 11) is 1.66. The van der Waals surface area contributed by atoms with E-state index in [9.17, 15) is 4.79 Å². The van der Waals surface area contributed by atoms with Crippen molar-refractivity contribution < 1.29 is 9.53 Å². The van der Waals surface area contributed by atoms with E-state index in [0.29, 0.717) is 5.95 Å². The average Bonchev–Trinajstić information content (AvgIpc) is 2.80. The Bertz CT molecular complexity index is 847. The van der Waals surface area contributed by atoms with Crippen LogP contribution in [0.5, 0.6) is 5.75 Å². The zero-order chi connectivity index (χ0) is 21.6. The Balaban J connectivity index is 1.29. The van der Waals surface area contributed by atoms with Crippen LogP contribution in [0.3, 0.4) is 0 Å². The molecule has 1 saturated heterocycles. The summed E-state index contributed by atoms with van der Waals surface area (Å²) in [5.41, 5.74) is 2.03. The fraction of sp³-hybridized carbons (Fsp3) is 0.542. The number of carbonyl (C=O) groups is 1. The van der Waals surface area contributed by atoms with Crippen molar-refractivity contribution in [2.24, 2.45) is 5.92 Å². The molecule has 0 radical (unpaired) electrons. The van der Waals surface area contributed by atoms with Crippen LogP contribution in [0.4, 0.5) is 10.7 Å². The van der Waals surface area contributed by atoms with Gasteiger partial charge in [0, 0.05) is 43.1 Å². The predicted octanol–water partition coefficient (Wildman–Crippen LogP) is 4.32. The monoisotopic (exact) mass is 423 g/mol. The highest BCUT2D eigenvalue weighted by Crippen LogP contribution is 2.24. The van der Waals surface area contributed by atoms with E-state index in [1.165, 1.54) is 0 Å². The normalized spacial score (nSPS) is 22.1. The number of hydrogen-bond donors (Lipinski definition) is 2. The van der Waals surface area contributed by atoms with Gasteiger partial charge < -0.3 is 20.3 Å². The highest BCUT2D eigenvalue weighted by Gasteiger charge is 2.27. The SMILES string of the molecule is COc1ccc(-c2cnc(NC3CCCC(NC(=O)N4CCC(C)CC4)C3)nc2)cc1. The summed E-state index contributed by atoms with van der Waals surface area (Å²) in [5.74, 6) is 2.19. The highest BCUT2D eigenvalue weighted by atomic mass is 16.5. The molecule has 166 valence electrons. The second kappa shape index (κ2) is 9.98. The largest absolute Gasteiger partial charge is 0.497 e. The van der Waals surface area contributed by atoms with Gasteiger partial charge in [0.05, 0.1) is 7.11 Å². The maximum atomic E-state index is 12.6. The lowest BCUT2D eigenvalue weighted by Gasteiger charge is -2.34. The van der Waals surface area contributed by atoms with Crippen molar-refractivity contribution in [3.05, 3.63) is 36.7 Å². The van der Waals surface area contributed by atoms with E-state index in [1.807, 2.05) is 41.6 Å². The van der Waals surface area contributed by atoms with E-state index >= 15 is 0 Å². The first kappa shape index (κ1) is 21.4. The molecule has 1 aromatic heterocycles. The summed E-state index contributed by atoms with van der Waals surface area (Å²) in [6, 6.07) is 8.44. The molecule has 2 unspecified atom stereocenters. The molecule has 2 amide bonds. The van der Waals surface area contributed by atoms with Crippen molar-refractivity contribution in [2.45, 2.75) is 57.5 Å². The quantitative estimate of drug-likeness (QED) is 0.749. The minimum absolute atomic E-state index is 0.0950. The van der Waals surface area contributed by atoms with Gasteiger partial charge in [-0.15, -0.1) is 0 Å². The fourth-order valence-corrected chi connectivity index (χ4v) is 4.45. The van der Waals surface area contributed by atoms with Crippen LogP contribution in [-0.2, 0) is 0 Å². The van der Waals surface area contributed by atoms with Crippen LogP contribution in [0.1, 0.15) is 45.4 Å². The highest BCUT2D eigenvalue weighted by molar-refractivity contribution is 5.74. The number of likely N-dealkylation sites (tertiary alicyclic amines) is 1. The lowest BCUT2D eigenvalue weighted by molar-refractivity contribution is 0.167. The van der Waals surface area contributed by atoms with Gasteiger partial charge in [0.15, 0.2) is 0 Å². The van der Waals surface area contributed by atoms with Crippen molar-refractivity contribution in [3.8, 4) is 16.9 Å². The minimum atomic E-state index is 0.0950. The number of rotatable bonds is 5. The Kier molecular flexibility index (Phi) is 6.89. The third-order valence-electron chi connectivity index (χ3n) is 6.48. The predicted molar refractivity (Wildman–Crippen MR) is 122 cm³/mol. The van der Waals surface area contributed by atoms with Crippen LogP contribution in [0.2, 0.25) is 0 Å². The van der Waals surface area contributed by atoms with Gasteiger partial charge in [-0.05, 0) is 62.1 Å². The van der Waals surface area contributed by atoms with Gasteiger partial charge in [0.2, 0.25) is 5.95 Å². The molecule has 2 aromatic rings. The molecule has 7 nitrogen and oxygen atoms in total. The van der Waals surface area contributed by atoms with Gasteiger partial charge in [-0.1, -0.05) is 19.1 Å². The molecule has 1 aliphatic heterocycles. The number of piperidine rings is 1. The Hall–Kier alpha value is -2.83. The average molecular weight is 424 g/mol. The molecule has 2 atom stereocenters. The van der Waals surface area contributed by atoms with Gasteiger partial charge in [-0.25, -0.2) is 14.8 Å². The third-order valence-corrected chi connectivity index (χ3v) is 6.48. The Labute approximate surface area is 184 Å². The summed E-state index contributed by atoms with van der Waals surface area (Å²) in [5, 5.41) is 6.71. The number of aromatic nitrogens is 2. The van der Waals surface area contributed by atoms with Crippen molar-refractivity contribution in [3.63, 3.8) is 0 Å². The van der Waals surface area contributed by atoms with Crippen LogP contribution >= 0.6 is 0 Å². The molecule has 7 heteroatoms. The number of hydrogen-bond acceptors (Lipinski definition) is 5. The number of ether oxygens (including phenoxy) is 1. The first-order valence-corrected chi connectivity index (χ1v) is 11.4. The van der Waals surface area contributed by atoms with E-state index < -0.39 is 0 Å². The molecule has 1 saturated carbocycles. The number of amides is 2. The van der Waals surface area contributed by atoms with E-state index in [-0.39, 0.29) is 18.1 Å². The van der Waals surface area contributed by atoms with Crippen LogP contribution in [0.25, 0.3) is 11.1 Å². The minimum Gasteiger partial charge on any atom is -0.497 e. The van der Waals surface area contributed by atoms with Crippen LogP contribution in [-0.4, -0.2) is 53.2 Å². The molecule has 2 aliphatic rings. The van der Waals surface area contributed by atoms with Gasteiger partial charge in [0.1, 0.15) is 5.75 Å². The van der Waals surface area contributed by atoms with Crippen molar-refractivity contribution in [2.75, 3.05) is 25.5 Å². The number of nitrogens with zero attached hydrogens (tertiary/aromatic N) is 3. The lowest BCUT2D eigenvalue weighted by atomic mass is 9.91. The molecule has 31 heavy (non-hydrogen) atoms. The summed E-state index contributed by atoms with van der Waals surface area (Å²) < 4.78 is 5.21. The van der Waals surface area contributed by atoms with Gasteiger partial charge in [0.25, 0.3) is 0 Å². The smallest absolute Gasteiger partial charge is 0.317 e. The molecule has 2 N–H and O–H groups in total. The number of urea groups is 1. The zero-order valence-corrected chi connectivity index (χ0v) is 18.5. The summed E-state index contributed by atoms with van der Waals surface area (Å²) >= 11 is 0. The number of anilines is 1. The second-order valence-corrected chi connectivity index (χ2v) is 8.85. The standard InChI is InChI=1S/C24H33N5O2/c1-17-10-12-29(13-11-17)24(30)28-21-5-3-4-20(14-21)27-23-25-15-19(16-26-23)18-6-8-22(31-2)9-7-18/h6-9,15-17,20-21H,3-5,10-14H2,1-2H3,(H,28,30)(H,25,26,27). The lowest BCUT2D eigenvalue weighted by Crippen LogP contribution is -2.49. The molecular weight excluding hydrogens is 390 g/mol. The maximum absolute atomic E-state index is 12.6. The van der Waals surface area contributed by atoms with Gasteiger partial charge in [-0.3, -0.25) is 0 Å². The molecule has 1 aromatic carbocycles. The molecular formula is C24H33N5O2. The summed E-state index contributed by atoms with van der Waals surface area (Å²) in [6.07, 6.45) is 9.98. The van der Waals surface area contributed by atoms with Crippen LogP contribution in [0.15, 0.2) is 36.7 Å². The Morgan fingerprint density at radius 1 is 1.00 bits per heavy atom. The van der Waals surface area contributed by atoms with Gasteiger partial charge in [-0.2, -0.15) is 0 Å². The van der Waals surface area contributed by atoms with Crippen molar-refractivity contribution in [1.29, 1.82) is 0 Å². The number of carbonyl (C=O) groups excluding carboxylic acids is 1. The number of nitrogens with one attached hydrogen (secondary N) is 2. The number of benzene rings is 1. The Morgan fingerprint density at radius 3 is 2.35 bits per heavy atom. The van der Waals surface area contributed by atoms with E-state index in [0.717, 1.165) is 74.4 Å². The van der Waals surface area contributed by atoms with E-state index in [2.05, 4.69) is 27.5 Å². The van der Waals surface area contributed by atoms with Crippen LogP contribution in [0, 0.1) is 5.92 Å². The summed E-state index contributed by atoms with van der Waals surface area (Å²) in [4.78, 5) is 23.6. The van der Waals surface area contributed by atoms with E-state index in [1.54, 1.807) is 7.11 Å². The van der Waals surface area contributed by atoms with E-state index in [4.69, 9.17) is 4.74 Å². The topological polar surface area (TPSA) is 79.4 Å². The molecule has 4 rings (SSSR count). The molecule has 2 heterocycles. The molecule has 0 spiro atoms. The molecule has 2 fully saturated rings. The third kappa shape index (κ3) is 5.66. The second-order valence-electron chi connectivity index (χ2n) is 8.85. The van der Waals surface area contributed by atoms with Gasteiger partial charge >= 0.3 is 6.03 Å². The Morgan fingerprint density at radius 2 is 1.68 bits per heavy atom. The molecule has 0 bridgehead atoms. The van der Waals surface area contributed by atoms with Crippen molar-refractivity contribution in [1.82, 2.24) is 20.2 Å². The first-order chi connectivity index (χ1) is 15.1. The fourth-order valence-electron chi connectivity index (χ4n) is 4.45. The number of methoxy groups -OCH3 is 1. The zero-order valence-electron chi connectivity index (χ0n) is 18.5. The molecule has 1 aliphatic carbocycles. The maximum Gasteiger partial charge on any atom is 0.317 e. The van der Waals surface area contributed by atoms with Crippen molar-refractivity contribution >= 4 is 12.0 Å². The summed E-state index contributed by atoms with van der Waals surface area (Å²) in [6.45, 7) is 4.00. The first-order valence-electron chi connectivity index (χ1n) is 11.4. The van der Waals surface area contributed by atoms with Crippen LogP contribution < -0.4 is 15.4 Å².